The number of carbonyl (C=O) groups excluding carboxylic acids is 4. The van der Waals surface area contributed by atoms with Crippen molar-refractivity contribution in [1.29, 1.82) is 0 Å². The average molecular weight is 761 g/mol. The van der Waals surface area contributed by atoms with E-state index in [0.29, 0.717) is 32.9 Å². The van der Waals surface area contributed by atoms with Gasteiger partial charge >= 0.3 is 11.9 Å². The number of benzene rings is 2. The average Bonchev–Trinajstić information content (AvgIpc) is 3.17. The third kappa shape index (κ3) is 11.1. The normalized spacial score (nSPS) is 11.0. The Bertz CT molecular complexity index is 1890. The molecule has 0 saturated carbocycles. The zero-order chi connectivity index (χ0) is 38.3. The molecule has 0 amide bonds. The molecule has 0 atom stereocenters. The first-order valence-corrected chi connectivity index (χ1v) is 18.4. The zero-order valence-corrected chi connectivity index (χ0v) is 31.4. The fraction of sp³-hybridized carbons (Fsp3) is 0.243. The van der Waals surface area contributed by atoms with E-state index in [1.165, 1.54) is 62.3 Å². The number of methoxy groups -OCH3 is 2. The fourth-order valence-electron chi connectivity index (χ4n) is 4.37. The van der Waals surface area contributed by atoms with Gasteiger partial charge in [0.25, 0.3) is 0 Å². The maximum atomic E-state index is 12.7. The van der Waals surface area contributed by atoms with Crippen molar-refractivity contribution < 1.29 is 47.6 Å². The van der Waals surface area contributed by atoms with Gasteiger partial charge in [-0.05, 0) is 73.9 Å². The summed E-state index contributed by atoms with van der Waals surface area (Å²) in [6.07, 6.45) is 11.6. The molecular formula is C37H36N4O10S2. The van der Waals surface area contributed by atoms with E-state index in [2.05, 4.69) is 19.9 Å². The second-order valence-corrected chi connectivity index (χ2v) is 11.9. The van der Waals surface area contributed by atoms with Gasteiger partial charge in [-0.3, -0.25) is 9.59 Å². The van der Waals surface area contributed by atoms with Crippen LogP contribution in [-0.4, -0.2) is 83.4 Å². The van der Waals surface area contributed by atoms with E-state index >= 15 is 0 Å². The first kappa shape index (κ1) is 40.0. The number of aromatic nitrogens is 4. The lowest BCUT2D eigenvalue weighted by Crippen LogP contribution is -2.09. The molecular weight excluding hydrogens is 725 g/mol. The third-order valence-electron chi connectivity index (χ3n) is 6.88. The Hall–Kier alpha value is -5.74. The van der Waals surface area contributed by atoms with E-state index in [-0.39, 0.29) is 54.0 Å². The van der Waals surface area contributed by atoms with E-state index < -0.39 is 23.5 Å². The molecule has 276 valence electrons. The number of esters is 2. The van der Waals surface area contributed by atoms with Crippen LogP contribution in [0.1, 0.15) is 52.1 Å². The van der Waals surface area contributed by atoms with Crippen molar-refractivity contribution >= 4 is 59.2 Å². The summed E-state index contributed by atoms with van der Waals surface area (Å²) in [6.45, 7) is 3.71. The summed E-state index contributed by atoms with van der Waals surface area (Å²) in [6, 6.07) is 9.82. The third-order valence-corrected chi connectivity index (χ3v) is 8.00. The number of rotatable bonds is 18. The van der Waals surface area contributed by atoms with Crippen LogP contribution >= 0.6 is 23.5 Å². The quantitative estimate of drug-likeness (QED) is 0.0336. The summed E-state index contributed by atoms with van der Waals surface area (Å²) < 4.78 is 33.0. The van der Waals surface area contributed by atoms with Crippen molar-refractivity contribution in [2.24, 2.45) is 0 Å². The number of allylic oxidation sites excluding steroid dienone is 2. The maximum Gasteiger partial charge on any atom is 0.345 e. The van der Waals surface area contributed by atoms with Crippen LogP contribution in [0.2, 0.25) is 0 Å². The fourth-order valence-corrected chi connectivity index (χ4v) is 5.04. The minimum Gasteiger partial charge on any atom is -0.493 e. The summed E-state index contributed by atoms with van der Waals surface area (Å²) >= 11 is 2.56. The van der Waals surface area contributed by atoms with Crippen LogP contribution in [0, 0.1) is 0 Å². The maximum absolute atomic E-state index is 12.7. The zero-order valence-electron chi connectivity index (χ0n) is 29.7. The largest absolute Gasteiger partial charge is 0.493 e. The molecule has 0 unspecified atom stereocenters. The van der Waals surface area contributed by atoms with E-state index in [1.807, 2.05) is 0 Å². The van der Waals surface area contributed by atoms with Crippen molar-refractivity contribution in [3.05, 3.63) is 83.2 Å². The van der Waals surface area contributed by atoms with Gasteiger partial charge in [0.15, 0.2) is 44.9 Å². The highest BCUT2D eigenvalue weighted by atomic mass is 32.2. The lowest BCUT2D eigenvalue weighted by molar-refractivity contribution is -0.121. The first-order chi connectivity index (χ1) is 25.6. The van der Waals surface area contributed by atoms with E-state index in [0.717, 1.165) is 0 Å². The molecule has 4 aromatic rings. The molecule has 0 saturated heterocycles. The number of hydrogen-bond donors (Lipinski definition) is 0. The summed E-state index contributed by atoms with van der Waals surface area (Å²) in [4.78, 5) is 67.1. The van der Waals surface area contributed by atoms with Gasteiger partial charge in [0.1, 0.15) is 11.1 Å². The topological polar surface area (TPSA) is 175 Å². The van der Waals surface area contributed by atoms with Crippen molar-refractivity contribution in [2.45, 2.75) is 30.6 Å². The molecule has 0 radical (unpaired) electrons. The molecule has 53 heavy (non-hydrogen) atoms. The van der Waals surface area contributed by atoms with Crippen LogP contribution in [0.4, 0.5) is 0 Å². The molecule has 2 heterocycles. The molecule has 16 heteroatoms. The van der Waals surface area contributed by atoms with Gasteiger partial charge in [0.2, 0.25) is 11.8 Å². The molecule has 0 aliphatic rings. The smallest absolute Gasteiger partial charge is 0.345 e. The van der Waals surface area contributed by atoms with Crippen LogP contribution in [0.5, 0.6) is 34.8 Å². The summed E-state index contributed by atoms with van der Waals surface area (Å²) in [5.74, 6) is -0.931. The highest BCUT2D eigenvalue weighted by molar-refractivity contribution is 7.98. The molecule has 2 aromatic heterocycles. The monoisotopic (exact) mass is 760 g/mol. The highest BCUT2D eigenvalue weighted by Gasteiger charge is 2.21. The number of carbonyl (C=O) groups is 4. The van der Waals surface area contributed by atoms with E-state index in [9.17, 15) is 19.2 Å². The predicted octanol–water partition coefficient (Wildman–Crippen LogP) is 6.92. The van der Waals surface area contributed by atoms with E-state index in [4.69, 9.17) is 28.4 Å². The van der Waals surface area contributed by atoms with Crippen molar-refractivity contribution in [3.63, 3.8) is 0 Å². The second kappa shape index (κ2) is 19.8. The van der Waals surface area contributed by atoms with Gasteiger partial charge in [-0.25, -0.2) is 19.6 Å². The molecule has 2 aromatic carbocycles. The van der Waals surface area contributed by atoms with Crippen molar-refractivity contribution in [3.8, 4) is 34.8 Å². The molecule has 14 nitrogen and oxygen atoms in total. The molecule has 0 aliphatic heterocycles. The van der Waals surface area contributed by atoms with Gasteiger partial charge in [-0.15, -0.1) is 0 Å². The van der Waals surface area contributed by atoms with Crippen molar-refractivity contribution in [1.82, 2.24) is 19.9 Å². The minimum absolute atomic E-state index is 0.00509. The molecule has 0 bridgehead atoms. The van der Waals surface area contributed by atoms with Crippen LogP contribution in [-0.2, 0) is 19.1 Å². The Labute approximate surface area is 314 Å². The second-order valence-electron chi connectivity index (χ2n) is 10.4. The summed E-state index contributed by atoms with van der Waals surface area (Å²) in [5, 5.41) is 0.793. The van der Waals surface area contributed by atoms with Crippen LogP contribution in [0.15, 0.2) is 71.3 Å². The van der Waals surface area contributed by atoms with Gasteiger partial charge in [0, 0.05) is 12.4 Å². The number of ketones is 2. The summed E-state index contributed by atoms with van der Waals surface area (Å²) in [5.41, 5.74) is 1.30. The number of thioether (sulfide) groups is 2. The highest BCUT2D eigenvalue weighted by Crippen LogP contribution is 2.35. The number of ether oxygens (including phenoxy) is 6. The number of hydrogen-bond acceptors (Lipinski definition) is 16. The van der Waals surface area contributed by atoms with E-state index in [1.54, 1.807) is 74.9 Å². The van der Waals surface area contributed by atoms with Crippen LogP contribution < -0.4 is 18.9 Å². The Morgan fingerprint density at radius 3 is 1.42 bits per heavy atom. The summed E-state index contributed by atoms with van der Waals surface area (Å²) in [7, 11) is 2.89. The van der Waals surface area contributed by atoms with Gasteiger partial charge in [-0.1, -0.05) is 47.8 Å². The molecule has 0 aliphatic carbocycles. The molecule has 0 fully saturated rings. The SMILES string of the molecule is CCOC(=O)c1cnc(SC)nc1Oc1ccc(/C=C/C(=O)CC(=O)/C=C/c2ccc(Oc3nc(SC)ncc3C(=O)OCC)c(OC)c2)cc1OC. The Kier molecular flexibility index (Phi) is 14.9. The molecule has 0 N–H and O–H groups in total. The van der Waals surface area contributed by atoms with Gasteiger partial charge in [-0.2, -0.15) is 9.97 Å². The molecule has 0 spiro atoms. The van der Waals surface area contributed by atoms with Gasteiger partial charge < -0.3 is 28.4 Å². The lowest BCUT2D eigenvalue weighted by Gasteiger charge is -2.13. The Balaban J connectivity index is 1.41. The lowest BCUT2D eigenvalue weighted by atomic mass is 10.1. The van der Waals surface area contributed by atoms with Crippen LogP contribution in [0.25, 0.3) is 12.2 Å². The predicted molar refractivity (Wildman–Crippen MR) is 198 cm³/mol. The Morgan fingerprint density at radius 1 is 0.642 bits per heavy atom. The Morgan fingerprint density at radius 2 is 1.06 bits per heavy atom. The van der Waals surface area contributed by atoms with Crippen molar-refractivity contribution in [2.75, 3.05) is 39.9 Å². The van der Waals surface area contributed by atoms with Crippen LogP contribution in [0.3, 0.4) is 0 Å². The minimum atomic E-state index is -0.629. The molecule has 4 rings (SSSR count). The number of nitrogens with zero attached hydrogens (tertiary/aromatic N) is 4. The standard InChI is InChI=1S/C37H36N4O10S2/c1-7-48-34(44)26-20-38-36(52-5)40-32(26)50-28-15-11-22(17-30(28)46-3)9-13-24(42)19-25(43)14-10-23-12-16-29(31(18-23)47-4)51-33-27(35(45)49-8-2)21-39-37(41-33)53-6/h9-18,20-21H,7-8,19H2,1-6H3/b13-9+,14-10+. The van der Waals surface area contributed by atoms with Gasteiger partial charge in [0.05, 0.1) is 33.9 Å². The first-order valence-electron chi connectivity index (χ1n) is 15.9.